The van der Waals surface area contributed by atoms with E-state index in [0.717, 1.165) is 12.8 Å². The first kappa shape index (κ1) is 18.8. The Balaban J connectivity index is 1.90. The smallest absolute Gasteiger partial charge is 0.399 e. The molecule has 1 aromatic carbocycles. The van der Waals surface area contributed by atoms with Gasteiger partial charge in [0.2, 0.25) is 0 Å². The van der Waals surface area contributed by atoms with Crippen LogP contribution in [-0.2, 0) is 18.8 Å². The van der Waals surface area contributed by atoms with E-state index < -0.39 is 18.3 Å². The Morgan fingerprint density at radius 2 is 1.72 bits per heavy atom. The molecule has 2 saturated heterocycles. The van der Waals surface area contributed by atoms with Gasteiger partial charge < -0.3 is 18.8 Å². The molecular weight excluding hydrogens is 322 g/mol. The second-order valence-electron chi connectivity index (χ2n) is 7.94. The first-order valence-electron chi connectivity index (χ1n) is 9.01. The van der Waals surface area contributed by atoms with Crippen LogP contribution in [0.25, 0.3) is 0 Å². The molecule has 1 aromatic rings. The van der Waals surface area contributed by atoms with Gasteiger partial charge in [0, 0.05) is 31.3 Å². The molecule has 4 nitrogen and oxygen atoms in total. The van der Waals surface area contributed by atoms with E-state index in [4.69, 9.17) is 18.8 Å². The van der Waals surface area contributed by atoms with Crippen molar-refractivity contribution in [2.75, 3.05) is 20.3 Å². The molecule has 0 aliphatic carbocycles. The summed E-state index contributed by atoms with van der Waals surface area (Å²) in [7, 11) is 0.929. The van der Waals surface area contributed by atoms with Crippen molar-refractivity contribution in [2.24, 2.45) is 5.92 Å². The highest BCUT2D eigenvalue weighted by atomic mass is 19.1. The van der Waals surface area contributed by atoms with Crippen molar-refractivity contribution in [1.82, 2.24) is 0 Å². The summed E-state index contributed by atoms with van der Waals surface area (Å²) in [6.45, 7) is 9.26. The molecule has 3 rings (SSSR count). The van der Waals surface area contributed by atoms with Crippen molar-refractivity contribution in [2.45, 2.75) is 57.8 Å². The average molecular weight is 350 g/mol. The summed E-state index contributed by atoms with van der Waals surface area (Å²) >= 11 is 0. The zero-order chi connectivity index (χ0) is 18.2. The Morgan fingerprint density at radius 1 is 1.12 bits per heavy atom. The van der Waals surface area contributed by atoms with Gasteiger partial charge >= 0.3 is 7.12 Å². The van der Waals surface area contributed by atoms with Gasteiger partial charge in [-0.3, -0.25) is 0 Å². The molecule has 0 aromatic heterocycles. The topological polar surface area (TPSA) is 36.9 Å². The minimum atomic E-state index is -0.711. The second kappa shape index (κ2) is 6.99. The molecule has 6 heteroatoms. The summed E-state index contributed by atoms with van der Waals surface area (Å²) in [5.74, 6) is -0.0406. The van der Waals surface area contributed by atoms with E-state index in [0.29, 0.717) is 24.2 Å². The molecule has 0 bridgehead atoms. The van der Waals surface area contributed by atoms with Crippen molar-refractivity contribution >= 4 is 12.6 Å². The Hall–Kier alpha value is -0.945. The summed E-state index contributed by atoms with van der Waals surface area (Å²) in [6, 6.07) is 5.38. The van der Waals surface area contributed by atoms with Crippen molar-refractivity contribution < 1.29 is 23.2 Å². The van der Waals surface area contributed by atoms with Crippen LogP contribution in [0.5, 0.6) is 0 Å². The Morgan fingerprint density at radius 3 is 2.28 bits per heavy atom. The fourth-order valence-corrected chi connectivity index (χ4v) is 3.53. The van der Waals surface area contributed by atoms with E-state index in [9.17, 15) is 0 Å². The third kappa shape index (κ3) is 3.50. The fraction of sp³-hybridized carbons (Fsp3) is 0.684. The van der Waals surface area contributed by atoms with Gasteiger partial charge in [-0.25, -0.2) is 4.39 Å². The number of ether oxygens (including phenoxy) is 2. The van der Waals surface area contributed by atoms with Crippen molar-refractivity contribution in [3.05, 3.63) is 29.6 Å². The SMILES string of the molecule is COC(c1cccc(B2OC(C)(C)C(C)(C)O2)c1F)C1CCOCC1. The lowest BCUT2D eigenvalue weighted by Gasteiger charge is -2.32. The molecule has 0 radical (unpaired) electrons. The lowest BCUT2D eigenvalue weighted by molar-refractivity contribution is -0.0158. The standard InChI is InChI=1S/C19H28BFO4/c1-18(2)19(3,4)25-20(24-18)15-8-6-7-14(16(15)21)17(22-5)13-9-11-23-12-10-13/h6-8,13,17H,9-12H2,1-5H3. The zero-order valence-electron chi connectivity index (χ0n) is 15.8. The lowest BCUT2D eigenvalue weighted by Crippen LogP contribution is -2.41. The normalized spacial score (nSPS) is 24.5. The highest BCUT2D eigenvalue weighted by Gasteiger charge is 2.52. The van der Waals surface area contributed by atoms with Gasteiger partial charge in [0.25, 0.3) is 0 Å². The van der Waals surface area contributed by atoms with Gasteiger partial charge in [0.1, 0.15) is 5.82 Å². The molecule has 2 heterocycles. The van der Waals surface area contributed by atoms with Crippen LogP contribution in [0.1, 0.15) is 52.2 Å². The molecule has 0 saturated carbocycles. The zero-order valence-corrected chi connectivity index (χ0v) is 15.8. The summed E-state index contributed by atoms with van der Waals surface area (Å²) in [4.78, 5) is 0. The molecule has 25 heavy (non-hydrogen) atoms. The molecule has 1 atom stereocenters. The van der Waals surface area contributed by atoms with Crippen LogP contribution < -0.4 is 5.46 Å². The first-order chi connectivity index (χ1) is 11.8. The third-order valence-corrected chi connectivity index (χ3v) is 5.82. The van der Waals surface area contributed by atoms with Gasteiger partial charge in [-0.05, 0) is 46.5 Å². The predicted molar refractivity (Wildman–Crippen MR) is 95.4 cm³/mol. The van der Waals surface area contributed by atoms with E-state index in [1.54, 1.807) is 19.2 Å². The molecular formula is C19H28BFO4. The van der Waals surface area contributed by atoms with Crippen molar-refractivity contribution in [3.63, 3.8) is 0 Å². The molecule has 2 aliphatic rings. The second-order valence-corrected chi connectivity index (χ2v) is 7.94. The van der Waals surface area contributed by atoms with Gasteiger partial charge in [-0.15, -0.1) is 0 Å². The molecule has 138 valence electrons. The minimum absolute atomic E-state index is 0.252. The minimum Gasteiger partial charge on any atom is -0.399 e. The van der Waals surface area contributed by atoms with Gasteiger partial charge in [-0.2, -0.15) is 0 Å². The summed E-state index contributed by atoms with van der Waals surface area (Å²) in [5, 5.41) is 0. The predicted octanol–water partition coefficient (Wildman–Crippen LogP) is 3.24. The summed E-state index contributed by atoms with van der Waals surface area (Å²) < 4.78 is 38.5. The van der Waals surface area contributed by atoms with Crippen LogP contribution in [0.2, 0.25) is 0 Å². The van der Waals surface area contributed by atoms with E-state index in [2.05, 4.69) is 0 Å². The largest absolute Gasteiger partial charge is 0.497 e. The molecule has 0 N–H and O–H groups in total. The van der Waals surface area contributed by atoms with Gasteiger partial charge in [-0.1, -0.05) is 18.2 Å². The van der Waals surface area contributed by atoms with Crippen LogP contribution in [0.15, 0.2) is 18.2 Å². The van der Waals surface area contributed by atoms with Crippen molar-refractivity contribution in [1.29, 1.82) is 0 Å². The third-order valence-electron chi connectivity index (χ3n) is 5.82. The van der Waals surface area contributed by atoms with Crippen LogP contribution in [-0.4, -0.2) is 38.6 Å². The van der Waals surface area contributed by atoms with E-state index in [1.807, 2.05) is 33.8 Å². The Bertz CT molecular complexity index is 597. The highest BCUT2D eigenvalue weighted by Crippen LogP contribution is 2.38. The van der Waals surface area contributed by atoms with Crippen LogP contribution in [0, 0.1) is 11.7 Å². The maximum absolute atomic E-state index is 15.3. The van der Waals surface area contributed by atoms with Gasteiger partial charge in [0.15, 0.2) is 0 Å². The maximum atomic E-state index is 15.3. The summed E-state index contributed by atoms with van der Waals surface area (Å²) in [5.41, 5.74) is 0.00929. The molecule has 0 spiro atoms. The molecule has 0 amide bonds. The van der Waals surface area contributed by atoms with Crippen LogP contribution in [0.4, 0.5) is 4.39 Å². The van der Waals surface area contributed by atoms with E-state index >= 15 is 4.39 Å². The molecule has 2 aliphatic heterocycles. The maximum Gasteiger partial charge on any atom is 0.497 e. The average Bonchev–Trinajstić information content (AvgIpc) is 2.78. The number of rotatable bonds is 4. The number of hydrogen-bond acceptors (Lipinski definition) is 4. The molecule has 1 unspecified atom stereocenters. The van der Waals surface area contributed by atoms with Crippen molar-refractivity contribution in [3.8, 4) is 0 Å². The van der Waals surface area contributed by atoms with E-state index in [-0.39, 0.29) is 17.8 Å². The van der Waals surface area contributed by atoms with E-state index in [1.165, 1.54) is 0 Å². The monoisotopic (exact) mass is 350 g/mol. The molecule has 2 fully saturated rings. The lowest BCUT2D eigenvalue weighted by atomic mass is 9.76. The highest BCUT2D eigenvalue weighted by molar-refractivity contribution is 6.62. The Kier molecular flexibility index (Phi) is 5.27. The fourth-order valence-electron chi connectivity index (χ4n) is 3.53. The Labute approximate surface area is 150 Å². The summed E-state index contributed by atoms with van der Waals surface area (Å²) in [6.07, 6.45) is 1.46. The quantitative estimate of drug-likeness (QED) is 0.782. The number of hydrogen-bond donors (Lipinski definition) is 0. The number of benzene rings is 1. The van der Waals surface area contributed by atoms with Crippen LogP contribution >= 0.6 is 0 Å². The van der Waals surface area contributed by atoms with Crippen LogP contribution in [0.3, 0.4) is 0 Å². The number of methoxy groups -OCH3 is 1. The van der Waals surface area contributed by atoms with Gasteiger partial charge in [0.05, 0.1) is 17.3 Å². The number of halogens is 1. The first-order valence-corrected chi connectivity index (χ1v) is 9.01.